The summed E-state index contributed by atoms with van der Waals surface area (Å²) in [4.78, 5) is 15.9. The van der Waals surface area contributed by atoms with Crippen molar-refractivity contribution >= 4 is 17.2 Å². The van der Waals surface area contributed by atoms with Gasteiger partial charge in [-0.15, -0.1) is 11.3 Å². The monoisotopic (exact) mass is 269 g/mol. The molecule has 1 unspecified atom stereocenters. The fraction of sp³-hybridized carbons (Fsp3) is 0.692. The standard InChI is InChI=1S/C13H23N3OS/c1-10(12-14-7-8-18-12)9-15-11(17)5-6-16-13(2,3)4/h7-8,10,16H,5-6,9H2,1-4H3,(H,15,17). The lowest BCUT2D eigenvalue weighted by Gasteiger charge is -2.20. The van der Waals surface area contributed by atoms with Crippen molar-refractivity contribution in [3.8, 4) is 0 Å². The van der Waals surface area contributed by atoms with Crippen LogP contribution in [0.2, 0.25) is 0 Å². The first kappa shape index (κ1) is 15.1. The van der Waals surface area contributed by atoms with Crippen LogP contribution in [0, 0.1) is 0 Å². The Morgan fingerprint density at radius 1 is 1.50 bits per heavy atom. The zero-order chi connectivity index (χ0) is 13.6. The van der Waals surface area contributed by atoms with E-state index in [4.69, 9.17) is 0 Å². The van der Waals surface area contributed by atoms with Crippen LogP contribution < -0.4 is 10.6 Å². The van der Waals surface area contributed by atoms with Gasteiger partial charge in [0.15, 0.2) is 0 Å². The van der Waals surface area contributed by atoms with E-state index >= 15 is 0 Å². The van der Waals surface area contributed by atoms with Gasteiger partial charge in [-0.3, -0.25) is 4.79 Å². The summed E-state index contributed by atoms with van der Waals surface area (Å²) in [7, 11) is 0. The maximum absolute atomic E-state index is 11.6. The van der Waals surface area contributed by atoms with Gasteiger partial charge >= 0.3 is 0 Å². The van der Waals surface area contributed by atoms with Crippen LogP contribution in [-0.2, 0) is 4.79 Å². The molecule has 18 heavy (non-hydrogen) atoms. The van der Waals surface area contributed by atoms with E-state index in [0.29, 0.717) is 19.5 Å². The van der Waals surface area contributed by atoms with Gasteiger partial charge in [0, 0.05) is 42.5 Å². The smallest absolute Gasteiger partial charge is 0.221 e. The molecule has 1 amide bonds. The fourth-order valence-electron chi connectivity index (χ4n) is 1.47. The first-order chi connectivity index (χ1) is 8.38. The van der Waals surface area contributed by atoms with Gasteiger partial charge in [0.1, 0.15) is 0 Å². The number of nitrogens with zero attached hydrogens (tertiary/aromatic N) is 1. The van der Waals surface area contributed by atoms with Crippen molar-refractivity contribution in [1.82, 2.24) is 15.6 Å². The van der Waals surface area contributed by atoms with Crippen LogP contribution >= 0.6 is 11.3 Å². The van der Waals surface area contributed by atoms with Gasteiger partial charge in [-0.1, -0.05) is 6.92 Å². The molecule has 0 aliphatic heterocycles. The van der Waals surface area contributed by atoms with Crippen molar-refractivity contribution in [2.45, 2.75) is 45.6 Å². The molecule has 4 nitrogen and oxygen atoms in total. The molecule has 1 aromatic rings. The van der Waals surface area contributed by atoms with Gasteiger partial charge in [-0.05, 0) is 20.8 Å². The van der Waals surface area contributed by atoms with E-state index in [-0.39, 0.29) is 17.4 Å². The maximum Gasteiger partial charge on any atom is 0.221 e. The Morgan fingerprint density at radius 2 is 2.22 bits per heavy atom. The lowest BCUT2D eigenvalue weighted by atomic mass is 10.1. The molecule has 1 aromatic heterocycles. The molecule has 0 spiro atoms. The molecule has 5 heteroatoms. The van der Waals surface area contributed by atoms with Crippen molar-refractivity contribution in [1.29, 1.82) is 0 Å². The fourth-order valence-corrected chi connectivity index (χ4v) is 2.17. The normalized spacial score (nSPS) is 13.3. The van der Waals surface area contributed by atoms with Crippen molar-refractivity contribution < 1.29 is 4.79 Å². The van der Waals surface area contributed by atoms with Gasteiger partial charge < -0.3 is 10.6 Å². The summed E-state index contributed by atoms with van der Waals surface area (Å²) in [6.45, 7) is 9.72. The molecule has 0 saturated heterocycles. The van der Waals surface area contributed by atoms with E-state index in [1.807, 2.05) is 5.38 Å². The highest BCUT2D eigenvalue weighted by Crippen LogP contribution is 2.16. The summed E-state index contributed by atoms with van der Waals surface area (Å²) in [5, 5.41) is 9.27. The number of carbonyl (C=O) groups excluding carboxylic acids is 1. The van der Waals surface area contributed by atoms with Crippen LogP contribution in [0.5, 0.6) is 0 Å². The lowest BCUT2D eigenvalue weighted by Crippen LogP contribution is -2.38. The number of hydrogen-bond acceptors (Lipinski definition) is 4. The maximum atomic E-state index is 11.6. The highest BCUT2D eigenvalue weighted by Gasteiger charge is 2.11. The SMILES string of the molecule is CC(CNC(=O)CCNC(C)(C)C)c1nccs1. The zero-order valence-corrected chi connectivity index (χ0v) is 12.4. The molecule has 0 aromatic carbocycles. The Balaban J connectivity index is 2.17. The van der Waals surface area contributed by atoms with Crippen molar-refractivity contribution in [2.24, 2.45) is 0 Å². The van der Waals surface area contributed by atoms with Gasteiger partial charge in [0.25, 0.3) is 0 Å². The molecule has 102 valence electrons. The number of amides is 1. The van der Waals surface area contributed by atoms with E-state index in [1.165, 1.54) is 0 Å². The Bertz CT molecular complexity index is 357. The molecular formula is C13H23N3OS. The Kier molecular flexibility index (Phi) is 5.75. The van der Waals surface area contributed by atoms with E-state index in [1.54, 1.807) is 17.5 Å². The first-order valence-electron chi connectivity index (χ1n) is 6.29. The van der Waals surface area contributed by atoms with Crippen molar-refractivity contribution in [2.75, 3.05) is 13.1 Å². The number of aromatic nitrogens is 1. The van der Waals surface area contributed by atoms with E-state index in [2.05, 4.69) is 43.3 Å². The lowest BCUT2D eigenvalue weighted by molar-refractivity contribution is -0.121. The quantitative estimate of drug-likeness (QED) is 0.832. The molecule has 1 rings (SSSR count). The van der Waals surface area contributed by atoms with Crippen molar-refractivity contribution in [3.05, 3.63) is 16.6 Å². The zero-order valence-electron chi connectivity index (χ0n) is 11.6. The summed E-state index contributed by atoms with van der Waals surface area (Å²) in [6, 6.07) is 0. The van der Waals surface area contributed by atoms with Crippen LogP contribution in [0.1, 0.15) is 45.0 Å². The molecule has 0 bridgehead atoms. The summed E-state index contributed by atoms with van der Waals surface area (Å²) >= 11 is 1.63. The highest BCUT2D eigenvalue weighted by molar-refractivity contribution is 7.09. The molecule has 1 heterocycles. The van der Waals surface area contributed by atoms with Crippen LogP contribution in [-0.4, -0.2) is 29.5 Å². The van der Waals surface area contributed by atoms with E-state index < -0.39 is 0 Å². The molecule has 0 aliphatic rings. The molecule has 0 aliphatic carbocycles. The number of rotatable bonds is 6. The minimum Gasteiger partial charge on any atom is -0.355 e. The largest absolute Gasteiger partial charge is 0.355 e. The summed E-state index contributed by atoms with van der Waals surface area (Å²) in [5.41, 5.74) is 0.0639. The molecule has 0 saturated carbocycles. The van der Waals surface area contributed by atoms with Crippen LogP contribution in [0.15, 0.2) is 11.6 Å². The first-order valence-corrected chi connectivity index (χ1v) is 7.17. The number of thiazole rings is 1. The van der Waals surface area contributed by atoms with Gasteiger partial charge in [0.05, 0.1) is 5.01 Å². The minimum absolute atomic E-state index is 0.0639. The summed E-state index contributed by atoms with van der Waals surface area (Å²) in [5.74, 6) is 0.375. The molecule has 0 fully saturated rings. The second-order valence-electron chi connectivity index (χ2n) is 5.50. The predicted octanol–water partition coefficient (Wildman–Crippen LogP) is 2.14. The minimum atomic E-state index is 0.0639. The van der Waals surface area contributed by atoms with E-state index in [0.717, 1.165) is 5.01 Å². The van der Waals surface area contributed by atoms with E-state index in [9.17, 15) is 4.79 Å². The Morgan fingerprint density at radius 3 is 2.78 bits per heavy atom. The van der Waals surface area contributed by atoms with Gasteiger partial charge in [-0.2, -0.15) is 0 Å². The van der Waals surface area contributed by atoms with Gasteiger partial charge in [-0.25, -0.2) is 4.98 Å². The van der Waals surface area contributed by atoms with Crippen LogP contribution in [0.3, 0.4) is 0 Å². The van der Waals surface area contributed by atoms with Crippen molar-refractivity contribution in [3.63, 3.8) is 0 Å². The molecule has 1 atom stereocenters. The number of carbonyl (C=O) groups is 1. The summed E-state index contributed by atoms with van der Waals surface area (Å²) < 4.78 is 0. The Hall–Kier alpha value is -0.940. The third-order valence-corrected chi connectivity index (χ3v) is 3.49. The number of nitrogens with one attached hydrogen (secondary N) is 2. The average Bonchev–Trinajstić information content (AvgIpc) is 2.77. The van der Waals surface area contributed by atoms with Crippen LogP contribution in [0.25, 0.3) is 0 Å². The predicted molar refractivity (Wildman–Crippen MR) is 75.9 cm³/mol. The van der Waals surface area contributed by atoms with Crippen LogP contribution in [0.4, 0.5) is 0 Å². The second-order valence-corrected chi connectivity index (χ2v) is 6.43. The molecule has 2 N–H and O–H groups in total. The second kappa shape index (κ2) is 6.85. The molecule has 0 radical (unpaired) electrons. The highest BCUT2D eigenvalue weighted by atomic mass is 32.1. The van der Waals surface area contributed by atoms with Gasteiger partial charge in [0.2, 0.25) is 5.91 Å². The third-order valence-electron chi connectivity index (χ3n) is 2.49. The average molecular weight is 269 g/mol. The number of hydrogen-bond donors (Lipinski definition) is 2. The summed E-state index contributed by atoms with van der Waals surface area (Å²) in [6.07, 6.45) is 2.31. The molecular weight excluding hydrogens is 246 g/mol. The third kappa shape index (κ3) is 6.12. The topological polar surface area (TPSA) is 54.0 Å². The Labute approximate surface area is 113 Å².